The van der Waals surface area contributed by atoms with Crippen molar-refractivity contribution >= 4 is 17.0 Å². The van der Waals surface area contributed by atoms with E-state index in [4.69, 9.17) is 0 Å². The standard InChI is InChI=1S/C14H15FN2O2/c1-8-7-17(9-4-3-5-9)13-11(8)12(15)10(6-16-13)14(18)19-2/h6-7,9H,3-5H2,1-2H3. The zero-order valence-corrected chi connectivity index (χ0v) is 10.9. The molecule has 1 fully saturated rings. The maximum atomic E-state index is 14.4. The average molecular weight is 262 g/mol. The molecule has 0 unspecified atom stereocenters. The molecule has 1 aliphatic rings. The molecule has 4 nitrogen and oxygen atoms in total. The number of ether oxygens (including phenoxy) is 1. The first-order valence-corrected chi connectivity index (χ1v) is 6.37. The third kappa shape index (κ3) is 1.72. The maximum Gasteiger partial charge on any atom is 0.342 e. The second-order valence-electron chi connectivity index (χ2n) is 4.98. The van der Waals surface area contributed by atoms with Gasteiger partial charge in [-0.25, -0.2) is 14.2 Å². The third-order valence-electron chi connectivity index (χ3n) is 3.84. The Kier molecular flexibility index (Phi) is 2.77. The lowest BCUT2D eigenvalue weighted by molar-refractivity contribution is 0.0595. The minimum atomic E-state index is -0.692. The number of fused-ring (bicyclic) bond motifs is 1. The number of methoxy groups -OCH3 is 1. The van der Waals surface area contributed by atoms with Crippen molar-refractivity contribution in [2.45, 2.75) is 32.2 Å². The quantitative estimate of drug-likeness (QED) is 0.781. The van der Waals surface area contributed by atoms with Crippen LogP contribution in [0.15, 0.2) is 12.4 Å². The van der Waals surface area contributed by atoms with E-state index in [9.17, 15) is 9.18 Å². The normalized spacial score (nSPS) is 15.5. The number of rotatable bonds is 2. The summed E-state index contributed by atoms with van der Waals surface area (Å²) in [5, 5.41) is 0.426. The van der Waals surface area contributed by atoms with Crippen molar-refractivity contribution in [3.05, 3.63) is 29.3 Å². The van der Waals surface area contributed by atoms with Gasteiger partial charge in [-0.05, 0) is 31.7 Å². The minimum Gasteiger partial charge on any atom is -0.465 e. The van der Waals surface area contributed by atoms with Crippen molar-refractivity contribution in [3.63, 3.8) is 0 Å². The molecule has 100 valence electrons. The van der Waals surface area contributed by atoms with E-state index in [-0.39, 0.29) is 5.56 Å². The lowest BCUT2D eigenvalue weighted by Crippen LogP contribution is -2.16. The van der Waals surface area contributed by atoms with E-state index in [0.717, 1.165) is 18.4 Å². The zero-order chi connectivity index (χ0) is 13.6. The van der Waals surface area contributed by atoms with Crippen LogP contribution >= 0.6 is 0 Å². The summed E-state index contributed by atoms with van der Waals surface area (Å²) >= 11 is 0. The van der Waals surface area contributed by atoms with Crippen molar-refractivity contribution in [1.82, 2.24) is 9.55 Å². The van der Waals surface area contributed by atoms with Crippen molar-refractivity contribution < 1.29 is 13.9 Å². The molecule has 0 saturated heterocycles. The molecule has 0 N–H and O–H groups in total. The molecule has 2 aromatic rings. The van der Waals surface area contributed by atoms with E-state index in [1.54, 1.807) is 0 Å². The van der Waals surface area contributed by atoms with Gasteiger partial charge in [0.2, 0.25) is 0 Å². The molecule has 0 aromatic carbocycles. The van der Waals surface area contributed by atoms with Crippen molar-refractivity contribution in [1.29, 1.82) is 0 Å². The molecule has 0 radical (unpaired) electrons. The summed E-state index contributed by atoms with van der Waals surface area (Å²) in [5.74, 6) is -1.23. The second kappa shape index (κ2) is 4.33. The Balaban J connectivity index is 2.20. The minimum absolute atomic E-state index is 0.107. The van der Waals surface area contributed by atoms with Gasteiger partial charge in [-0.15, -0.1) is 0 Å². The first-order chi connectivity index (χ1) is 9.13. The van der Waals surface area contributed by atoms with Crippen LogP contribution in [0.5, 0.6) is 0 Å². The molecule has 0 spiro atoms. The van der Waals surface area contributed by atoms with Gasteiger partial charge in [0.05, 0.1) is 12.5 Å². The van der Waals surface area contributed by atoms with Crippen LogP contribution in [0.4, 0.5) is 4.39 Å². The largest absolute Gasteiger partial charge is 0.465 e. The molecule has 5 heteroatoms. The molecule has 2 heterocycles. The molecular weight excluding hydrogens is 247 g/mol. The Morgan fingerprint density at radius 3 is 2.84 bits per heavy atom. The summed E-state index contributed by atoms with van der Waals surface area (Å²) in [6.45, 7) is 1.84. The highest BCUT2D eigenvalue weighted by Crippen LogP contribution is 2.36. The summed E-state index contributed by atoms with van der Waals surface area (Å²) in [6, 6.07) is 0.409. The molecule has 1 saturated carbocycles. The number of carbonyl (C=O) groups excluding carboxylic acids is 1. The van der Waals surface area contributed by atoms with E-state index in [0.29, 0.717) is 17.1 Å². The van der Waals surface area contributed by atoms with Gasteiger partial charge in [0, 0.05) is 18.4 Å². The Hall–Kier alpha value is -1.91. The molecule has 2 aromatic heterocycles. The SMILES string of the molecule is COC(=O)c1cnc2c(c(C)cn2C2CCC2)c1F. The van der Waals surface area contributed by atoms with Crippen LogP contribution in [0.3, 0.4) is 0 Å². The van der Waals surface area contributed by atoms with Crippen LogP contribution in [0.2, 0.25) is 0 Å². The van der Waals surface area contributed by atoms with Gasteiger partial charge in [-0.2, -0.15) is 0 Å². The van der Waals surface area contributed by atoms with Crippen LogP contribution < -0.4 is 0 Å². The smallest absolute Gasteiger partial charge is 0.342 e. The van der Waals surface area contributed by atoms with Gasteiger partial charge in [0.15, 0.2) is 5.82 Å². The fraction of sp³-hybridized carbons (Fsp3) is 0.429. The van der Waals surface area contributed by atoms with Gasteiger partial charge in [-0.1, -0.05) is 0 Å². The maximum absolute atomic E-state index is 14.4. The highest BCUT2D eigenvalue weighted by atomic mass is 19.1. The number of nitrogens with zero attached hydrogens (tertiary/aromatic N) is 2. The Bertz CT molecular complexity index is 659. The number of aryl methyl sites for hydroxylation is 1. The molecular formula is C14H15FN2O2. The van der Waals surface area contributed by atoms with Crippen LogP contribution in [0.25, 0.3) is 11.0 Å². The number of halogens is 1. The lowest BCUT2D eigenvalue weighted by Gasteiger charge is -2.27. The van der Waals surface area contributed by atoms with Crippen LogP contribution in [-0.4, -0.2) is 22.6 Å². The first-order valence-electron chi connectivity index (χ1n) is 6.37. The first kappa shape index (κ1) is 12.1. The predicted molar refractivity (Wildman–Crippen MR) is 68.7 cm³/mol. The monoisotopic (exact) mass is 262 g/mol. The Labute approximate surface area is 110 Å². The van der Waals surface area contributed by atoms with E-state index < -0.39 is 11.8 Å². The van der Waals surface area contributed by atoms with E-state index in [1.807, 2.05) is 17.7 Å². The molecule has 0 aliphatic heterocycles. The summed E-state index contributed by atoms with van der Waals surface area (Å²) in [7, 11) is 1.23. The summed E-state index contributed by atoms with van der Waals surface area (Å²) in [4.78, 5) is 15.7. The number of carbonyl (C=O) groups is 1. The fourth-order valence-electron chi connectivity index (χ4n) is 2.55. The average Bonchev–Trinajstić information content (AvgIpc) is 2.65. The number of pyridine rings is 1. The number of hydrogen-bond donors (Lipinski definition) is 0. The topological polar surface area (TPSA) is 44.1 Å². The van der Waals surface area contributed by atoms with Gasteiger partial charge in [0.25, 0.3) is 0 Å². The summed E-state index contributed by atoms with van der Waals surface area (Å²) < 4.78 is 21.0. The van der Waals surface area contributed by atoms with Crippen LogP contribution in [0.1, 0.15) is 41.2 Å². The number of esters is 1. The van der Waals surface area contributed by atoms with Gasteiger partial charge >= 0.3 is 5.97 Å². The lowest BCUT2D eigenvalue weighted by atomic mass is 9.93. The molecule has 19 heavy (non-hydrogen) atoms. The van der Waals surface area contributed by atoms with Gasteiger partial charge in [0.1, 0.15) is 11.2 Å². The fourth-order valence-corrected chi connectivity index (χ4v) is 2.55. The van der Waals surface area contributed by atoms with Crippen molar-refractivity contribution in [2.24, 2.45) is 0 Å². The van der Waals surface area contributed by atoms with Crippen LogP contribution in [-0.2, 0) is 4.74 Å². The summed E-state index contributed by atoms with van der Waals surface area (Å²) in [6.07, 6.45) is 6.59. The molecule has 0 amide bonds. The molecule has 3 rings (SSSR count). The van der Waals surface area contributed by atoms with Crippen molar-refractivity contribution in [3.8, 4) is 0 Å². The number of hydrogen-bond acceptors (Lipinski definition) is 3. The van der Waals surface area contributed by atoms with Crippen molar-refractivity contribution in [2.75, 3.05) is 7.11 Å². The van der Waals surface area contributed by atoms with Gasteiger partial charge in [-0.3, -0.25) is 0 Å². The molecule has 1 aliphatic carbocycles. The molecule has 0 bridgehead atoms. The van der Waals surface area contributed by atoms with Gasteiger partial charge < -0.3 is 9.30 Å². The van der Waals surface area contributed by atoms with E-state index >= 15 is 0 Å². The second-order valence-corrected chi connectivity index (χ2v) is 4.98. The number of aromatic nitrogens is 2. The third-order valence-corrected chi connectivity index (χ3v) is 3.84. The highest BCUT2D eigenvalue weighted by molar-refractivity contribution is 5.94. The zero-order valence-electron chi connectivity index (χ0n) is 10.9. The van der Waals surface area contributed by atoms with Crippen LogP contribution in [0, 0.1) is 12.7 Å². The summed E-state index contributed by atoms with van der Waals surface area (Å²) in [5.41, 5.74) is 1.31. The van der Waals surface area contributed by atoms with E-state index in [2.05, 4.69) is 9.72 Å². The van der Waals surface area contributed by atoms with E-state index in [1.165, 1.54) is 19.7 Å². The predicted octanol–water partition coefficient (Wildman–Crippen LogP) is 3.00. The molecule has 0 atom stereocenters. The Morgan fingerprint density at radius 1 is 1.53 bits per heavy atom. The Morgan fingerprint density at radius 2 is 2.26 bits per heavy atom. The highest BCUT2D eigenvalue weighted by Gasteiger charge is 2.25.